The summed E-state index contributed by atoms with van der Waals surface area (Å²) in [6, 6.07) is 14.2. The summed E-state index contributed by atoms with van der Waals surface area (Å²) in [7, 11) is 0. The largest absolute Gasteiger partial charge is 0.168 e. The highest BCUT2D eigenvalue weighted by Crippen LogP contribution is 2.15. The Morgan fingerprint density at radius 2 is 1.67 bits per heavy atom. The van der Waals surface area contributed by atoms with Gasteiger partial charge in [-0.1, -0.05) is 65.4 Å². The first-order valence-corrected chi connectivity index (χ1v) is 5.41. The molecule has 2 rings (SSSR count). The lowest BCUT2D eigenvalue weighted by Gasteiger charge is -1.97. The van der Waals surface area contributed by atoms with Crippen LogP contribution in [0.4, 0.5) is 0 Å². The van der Waals surface area contributed by atoms with Gasteiger partial charge in [-0.3, -0.25) is 0 Å². The van der Waals surface area contributed by atoms with Crippen molar-refractivity contribution < 1.29 is 0 Å². The molecular formula is C13H8Cl2. The van der Waals surface area contributed by atoms with E-state index in [2.05, 4.69) is 24.0 Å². The van der Waals surface area contributed by atoms with Gasteiger partial charge < -0.3 is 0 Å². The zero-order chi connectivity index (χ0) is 10.7. The van der Waals surface area contributed by atoms with E-state index in [-0.39, 0.29) is 0 Å². The summed E-state index contributed by atoms with van der Waals surface area (Å²) in [4.78, 5) is -0.628. The lowest BCUT2D eigenvalue weighted by atomic mass is 10.1. The molecule has 0 amide bonds. The molecule has 0 fully saturated rings. The number of rotatable bonds is 0. The second kappa shape index (κ2) is 4.57. The molecule has 0 bridgehead atoms. The van der Waals surface area contributed by atoms with E-state index in [0.717, 1.165) is 5.56 Å². The van der Waals surface area contributed by atoms with Crippen molar-refractivity contribution in [3.8, 4) is 11.8 Å². The van der Waals surface area contributed by atoms with Crippen molar-refractivity contribution >= 4 is 34.0 Å². The van der Waals surface area contributed by atoms with Crippen LogP contribution < -0.4 is 0 Å². The minimum Gasteiger partial charge on any atom is -0.0909 e. The molecule has 0 saturated carbocycles. The number of hydrogen-bond acceptors (Lipinski definition) is 0. The average Bonchev–Trinajstić information content (AvgIpc) is 2.26. The van der Waals surface area contributed by atoms with Gasteiger partial charge in [0, 0.05) is 5.56 Å². The summed E-state index contributed by atoms with van der Waals surface area (Å²) in [6.07, 6.45) is 0. The molecule has 15 heavy (non-hydrogen) atoms. The predicted octanol–water partition coefficient (Wildman–Crippen LogP) is 4.00. The van der Waals surface area contributed by atoms with E-state index < -0.39 is 4.84 Å². The molecule has 0 heterocycles. The van der Waals surface area contributed by atoms with Crippen molar-refractivity contribution in [2.24, 2.45) is 0 Å². The summed E-state index contributed by atoms with van der Waals surface area (Å²) in [5.74, 6) is 5.63. The van der Waals surface area contributed by atoms with E-state index in [4.69, 9.17) is 23.2 Å². The Bertz CT molecular complexity index is 533. The van der Waals surface area contributed by atoms with Crippen molar-refractivity contribution in [3.63, 3.8) is 0 Å². The Balaban J connectivity index is 2.44. The molecule has 0 unspecified atom stereocenters. The van der Waals surface area contributed by atoms with Crippen molar-refractivity contribution in [2.45, 2.75) is 4.84 Å². The summed E-state index contributed by atoms with van der Waals surface area (Å²) in [5.41, 5.74) is 0.931. The van der Waals surface area contributed by atoms with Crippen LogP contribution in [0.1, 0.15) is 5.56 Å². The molecule has 0 aliphatic heterocycles. The van der Waals surface area contributed by atoms with Crippen molar-refractivity contribution in [2.75, 3.05) is 0 Å². The minimum atomic E-state index is -0.628. The zero-order valence-corrected chi connectivity index (χ0v) is 9.39. The van der Waals surface area contributed by atoms with E-state index in [1.807, 2.05) is 30.3 Å². The smallest absolute Gasteiger partial charge is 0.0909 e. The lowest BCUT2D eigenvalue weighted by Crippen LogP contribution is -1.80. The van der Waals surface area contributed by atoms with Crippen LogP contribution in [0.3, 0.4) is 0 Å². The highest BCUT2D eigenvalue weighted by atomic mass is 35.5. The standard InChI is InChI=1S/C13H8Cl2/c14-13(15)8-6-10-5-7-11-3-1-2-4-12(11)9-10/h1-5,7,9,13H. The molecule has 0 radical (unpaired) electrons. The average molecular weight is 235 g/mol. The fourth-order valence-electron chi connectivity index (χ4n) is 1.40. The first-order chi connectivity index (χ1) is 7.25. The number of halogens is 2. The number of alkyl halides is 2. The van der Waals surface area contributed by atoms with Gasteiger partial charge in [-0.15, -0.1) is 0 Å². The van der Waals surface area contributed by atoms with Gasteiger partial charge in [0.25, 0.3) is 0 Å². The van der Waals surface area contributed by atoms with Gasteiger partial charge >= 0.3 is 0 Å². The fraction of sp³-hybridized carbons (Fsp3) is 0.0769. The molecule has 2 heteroatoms. The van der Waals surface area contributed by atoms with Crippen molar-refractivity contribution in [1.82, 2.24) is 0 Å². The minimum absolute atomic E-state index is 0.628. The van der Waals surface area contributed by atoms with Crippen molar-refractivity contribution in [1.29, 1.82) is 0 Å². The van der Waals surface area contributed by atoms with Gasteiger partial charge in [-0.2, -0.15) is 0 Å². The van der Waals surface area contributed by atoms with Gasteiger partial charge in [-0.25, -0.2) is 0 Å². The third kappa shape index (κ3) is 2.65. The van der Waals surface area contributed by atoms with Gasteiger partial charge in [-0.05, 0) is 22.9 Å². The monoisotopic (exact) mass is 234 g/mol. The molecule has 0 aromatic heterocycles. The Labute approximate surface area is 98.8 Å². The second-order valence-corrected chi connectivity index (χ2v) is 4.23. The molecule has 2 aromatic rings. The Morgan fingerprint density at radius 1 is 0.933 bits per heavy atom. The quantitative estimate of drug-likeness (QED) is 0.478. The third-order valence-electron chi connectivity index (χ3n) is 2.08. The first kappa shape index (κ1) is 10.4. The van der Waals surface area contributed by atoms with Crippen LogP contribution in [0.25, 0.3) is 10.8 Å². The van der Waals surface area contributed by atoms with Crippen LogP contribution in [-0.2, 0) is 0 Å². The molecular weight excluding hydrogens is 227 g/mol. The fourth-order valence-corrected chi connectivity index (χ4v) is 1.51. The Hall–Kier alpha value is -1.16. The molecule has 0 saturated heterocycles. The maximum atomic E-state index is 5.54. The first-order valence-electron chi connectivity index (χ1n) is 4.54. The molecule has 0 N–H and O–H groups in total. The van der Waals surface area contributed by atoms with Gasteiger partial charge in [0.1, 0.15) is 0 Å². The lowest BCUT2D eigenvalue weighted by molar-refractivity contribution is 1.66. The van der Waals surface area contributed by atoms with Gasteiger partial charge in [0.05, 0.1) is 0 Å². The second-order valence-electron chi connectivity index (χ2n) is 3.13. The van der Waals surface area contributed by atoms with Crippen LogP contribution in [-0.4, -0.2) is 4.84 Å². The van der Waals surface area contributed by atoms with Crippen LogP contribution in [0, 0.1) is 11.8 Å². The Morgan fingerprint density at radius 3 is 2.40 bits per heavy atom. The van der Waals surface area contributed by atoms with Gasteiger partial charge in [0.15, 0.2) is 4.84 Å². The van der Waals surface area contributed by atoms with Crippen LogP contribution in [0.5, 0.6) is 0 Å². The maximum absolute atomic E-state index is 5.54. The predicted molar refractivity (Wildman–Crippen MR) is 66.3 cm³/mol. The van der Waals surface area contributed by atoms with Crippen LogP contribution >= 0.6 is 23.2 Å². The number of benzene rings is 2. The molecule has 0 aliphatic carbocycles. The molecule has 0 spiro atoms. The number of fused-ring (bicyclic) bond motifs is 1. The Kier molecular flexibility index (Phi) is 3.16. The molecule has 0 nitrogen and oxygen atoms in total. The highest BCUT2D eigenvalue weighted by Gasteiger charge is 1.93. The highest BCUT2D eigenvalue weighted by molar-refractivity contribution is 6.46. The van der Waals surface area contributed by atoms with E-state index in [9.17, 15) is 0 Å². The molecule has 2 aromatic carbocycles. The molecule has 0 aliphatic rings. The normalized spacial score (nSPS) is 10.1. The number of hydrogen-bond donors (Lipinski definition) is 0. The van der Waals surface area contributed by atoms with E-state index in [1.54, 1.807) is 0 Å². The van der Waals surface area contributed by atoms with Crippen LogP contribution in [0.15, 0.2) is 42.5 Å². The molecule has 74 valence electrons. The van der Waals surface area contributed by atoms with Gasteiger partial charge in [0.2, 0.25) is 0 Å². The SMILES string of the molecule is ClC(Cl)C#Cc1ccc2ccccc2c1. The molecule has 0 atom stereocenters. The summed E-state index contributed by atoms with van der Waals surface area (Å²) < 4.78 is 0. The van der Waals surface area contributed by atoms with Crippen LogP contribution in [0.2, 0.25) is 0 Å². The van der Waals surface area contributed by atoms with E-state index in [1.165, 1.54) is 10.8 Å². The third-order valence-corrected chi connectivity index (χ3v) is 2.29. The summed E-state index contributed by atoms with van der Waals surface area (Å²) in [6.45, 7) is 0. The summed E-state index contributed by atoms with van der Waals surface area (Å²) >= 11 is 11.1. The zero-order valence-electron chi connectivity index (χ0n) is 7.87. The summed E-state index contributed by atoms with van der Waals surface area (Å²) in [5, 5.41) is 2.38. The topological polar surface area (TPSA) is 0 Å². The van der Waals surface area contributed by atoms with Crippen molar-refractivity contribution in [3.05, 3.63) is 48.0 Å². The maximum Gasteiger partial charge on any atom is 0.168 e. The van der Waals surface area contributed by atoms with E-state index in [0.29, 0.717) is 0 Å². The van der Waals surface area contributed by atoms with E-state index >= 15 is 0 Å².